The predicted octanol–water partition coefficient (Wildman–Crippen LogP) is 3.51. The molecule has 2 amide bonds. The first-order valence-corrected chi connectivity index (χ1v) is 10.0. The maximum atomic E-state index is 13.8. The normalized spacial score (nSPS) is 14.1. The van der Waals surface area contributed by atoms with Gasteiger partial charge in [-0.3, -0.25) is 9.59 Å². The van der Waals surface area contributed by atoms with Crippen LogP contribution in [0.4, 0.5) is 4.39 Å². The van der Waals surface area contributed by atoms with Gasteiger partial charge in [-0.05, 0) is 42.3 Å². The van der Waals surface area contributed by atoms with E-state index < -0.39 is 5.82 Å². The number of carbonyl (C=O) groups is 2. The van der Waals surface area contributed by atoms with E-state index in [1.807, 2.05) is 24.3 Å². The molecule has 0 aromatic heterocycles. The fraction of sp³-hybridized carbons (Fsp3) is 0.333. The average Bonchev–Trinajstić information content (AvgIpc) is 2.72. The first-order chi connectivity index (χ1) is 13.5. The van der Waals surface area contributed by atoms with Crippen LogP contribution in [0.25, 0.3) is 0 Å². The summed E-state index contributed by atoms with van der Waals surface area (Å²) in [5, 5.41) is 0. The molecule has 1 aliphatic heterocycles. The second-order valence-electron chi connectivity index (χ2n) is 6.59. The van der Waals surface area contributed by atoms with Gasteiger partial charge < -0.3 is 14.5 Å². The third kappa shape index (κ3) is 4.90. The molecule has 0 N–H and O–H groups in total. The van der Waals surface area contributed by atoms with Crippen LogP contribution < -0.4 is 4.74 Å². The lowest BCUT2D eigenvalue weighted by atomic mass is 10.1. The minimum atomic E-state index is -0.522. The number of aryl methyl sites for hydroxylation is 1. The van der Waals surface area contributed by atoms with E-state index in [0.717, 1.165) is 6.42 Å². The van der Waals surface area contributed by atoms with Gasteiger partial charge in [0, 0.05) is 36.2 Å². The van der Waals surface area contributed by atoms with E-state index in [9.17, 15) is 14.0 Å². The molecule has 1 fully saturated rings. The molecule has 5 nitrogen and oxygen atoms in total. The number of halogens is 2. The predicted molar refractivity (Wildman–Crippen MR) is 108 cm³/mol. The molecular formula is C21H22BrFN2O3. The molecular weight excluding hydrogens is 427 g/mol. The van der Waals surface area contributed by atoms with Crippen LogP contribution in [0.3, 0.4) is 0 Å². The molecule has 0 unspecified atom stereocenters. The van der Waals surface area contributed by atoms with Crippen LogP contribution in [0.15, 0.2) is 46.9 Å². The zero-order chi connectivity index (χ0) is 20.1. The number of benzene rings is 2. The highest BCUT2D eigenvalue weighted by Gasteiger charge is 2.25. The first kappa shape index (κ1) is 20.3. The third-order valence-electron chi connectivity index (χ3n) is 4.77. The van der Waals surface area contributed by atoms with Crippen molar-refractivity contribution in [2.24, 2.45) is 0 Å². The lowest BCUT2D eigenvalue weighted by Gasteiger charge is -2.34. The molecule has 0 atom stereocenters. The van der Waals surface area contributed by atoms with Crippen molar-refractivity contribution in [3.8, 4) is 5.75 Å². The van der Waals surface area contributed by atoms with Gasteiger partial charge in [0.1, 0.15) is 0 Å². The Bertz CT molecular complexity index is 849. The van der Waals surface area contributed by atoms with Gasteiger partial charge in [-0.25, -0.2) is 4.39 Å². The van der Waals surface area contributed by atoms with Crippen molar-refractivity contribution < 1.29 is 18.7 Å². The van der Waals surface area contributed by atoms with Gasteiger partial charge in [0.05, 0.1) is 0 Å². The van der Waals surface area contributed by atoms with Gasteiger partial charge in [0.25, 0.3) is 11.8 Å². The van der Waals surface area contributed by atoms with E-state index in [1.165, 1.54) is 17.7 Å². The lowest BCUT2D eigenvalue weighted by Crippen LogP contribution is -2.51. The molecule has 0 radical (unpaired) electrons. The monoisotopic (exact) mass is 448 g/mol. The number of rotatable bonds is 5. The van der Waals surface area contributed by atoms with Gasteiger partial charge in [-0.15, -0.1) is 0 Å². The highest BCUT2D eigenvalue weighted by atomic mass is 79.9. The molecule has 28 heavy (non-hydrogen) atoms. The van der Waals surface area contributed by atoms with E-state index in [4.69, 9.17) is 4.74 Å². The summed E-state index contributed by atoms with van der Waals surface area (Å²) in [6.45, 7) is 3.64. The molecule has 0 spiro atoms. The summed E-state index contributed by atoms with van der Waals surface area (Å²) in [5.74, 6) is -0.725. The summed E-state index contributed by atoms with van der Waals surface area (Å²) < 4.78 is 19.7. The molecule has 0 bridgehead atoms. The third-order valence-corrected chi connectivity index (χ3v) is 5.27. The Morgan fingerprint density at radius 3 is 2.29 bits per heavy atom. The Morgan fingerprint density at radius 2 is 1.68 bits per heavy atom. The summed E-state index contributed by atoms with van der Waals surface area (Å²) in [6, 6.07) is 12.0. The van der Waals surface area contributed by atoms with Gasteiger partial charge in [-0.1, -0.05) is 35.0 Å². The van der Waals surface area contributed by atoms with Crippen molar-refractivity contribution in [2.45, 2.75) is 13.3 Å². The zero-order valence-corrected chi connectivity index (χ0v) is 17.2. The number of carbonyl (C=O) groups excluding carboxylic acids is 2. The summed E-state index contributed by atoms with van der Waals surface area (Å²) in [5.41, 5.74) is 1.85. The van der Waals surface area contributed by atoms with Crippen LogP contribution in [0.5, 0.6) is 5.75 Å². The van der Waals surface area contributed by atoms with Crippen molar-refractivity contribution in [2.75, 3.05) is 32.8 Å². The quantitative estimate of drug-likeness (QED) is 0.702. The van der Waals surface area contributed by atoms with E-state index in [-0.39, 0.29) is 24.2 Å². The second-order valence-corrected chi connectivity index (χ2v) is 7.50. The molecule has 148 valence electrons. The number of amides is 2. The molecule has 1 heterocycles. The second kappa shape index (κ2) is 9.19. The van der Waals surface area contributed by atoms with Crippen LogP contribution in [-0.2, 0) is 11.2 Å². The summed E-state index contributed by atoms with van der Waals surface area (Å²) in [4.78, 5) is 28.3. The van der Waals surface area contributed by atoms with E-state index >= 15 is 0 Å². The summed E-state index contributed by atoms with van der Waals surface area (Å²) in [7, 11) is 0. The number of piperazine rings is 1. The highest BCUT2D eigenvalue weighted by molar-refractivity contribution is 9.10. The number of ether oxygens (including phenoxy) is 1. The Hall–Kier alpha value is -2.41. The van der Waals surface area contributed by atoms with E-state index in [2.05, 4.69) is 22.9 Å². The van der Waals surface area contributed by atoms with Crippen LogP contribution in [-0.4, -0.2) is 54.4 Å². The van der Waals surface area contributed by atoms with Crippen LogP contribution in [0, 0.1) is 5.82 Å². The van der Waals surface area contributed by atoms with Crippen molar-refractivity contribution >= 4 is 27.7 Å². The number of hydrogen-bond donors (Lipinski definition) is 0. The molecule has 2 aromatic rings. The maximum Gasteiger partial charge on any atom is 0.260 e. The lowest BCUT2D eigenvalue weighted by molar-refractivity contribution is -0.134. The fourth-order valence-electron chi connectivity index (χ4n) is 3.05. The van der Waals surface area contributed by atoms with Crippen molar-refractivity contribution in [1.82, 2.24) is 9.80 Å². The standard InChI is InChI=1S/C21H22BrFN2O3/c1-2-15-3-5-16(6-4-15)21(27)25-11-9-24(10-12-25)20(26)14-28-19-8-7-17(22)13-18(19)23/h3-8,13H,2,9-12,14H2,1H3. The minimum Gasteiger partial charge on any atom is -0.481 e. The van der Waals surface area contributed by atoms with Crippen molar-refractivity contribution in [3.63, 3.8) is 0 Å². The fourth-order valence-corrected chi connectivity index (χ4v) is 3.38. The Balaban J connectivity index is 1.49. The van der Waals surface area contributed by atoms with Crippen molar-refractivity contribution in [3.05, 3.63) is 63.9 Å². The SMILES string of the molecule is CCc1ccc(C(=O)N2CCN(C(=O)COc3ccc(Br)cc3F)CC2)cc1. The number of nitrogens with zero attached hydrogens (tertiary/aromatic N) is 2. The van der Waals surface area contributed by atoms with Crippen LogP contribution in [0.2, 0.25) is 0 Å². The highest BCUT2D eigenvalue weighted by Crippen LogP contribution is 2.21. The molecule has 1 aliphatic rings. The van der Waals surface area contributed by atoms with Gasteiger partial charge >= 0.3 is 0 Å². The summed E-state index contributed by atoms with van der Waals surface area (Å²) >= 11 is 3.18. The smallest absolute Gasteiger partial charge is 0.260 e. The van der Waals surface area contributed by atoms with Gasteiger partial charge in [0.2, 0.25) is 0 Å². The van der Waals surface area contributed by atoms with Crippen molar-refractivity contribution in [1.29, 1.82) is 0 Å². The van der Waals surface area contributed by atoms with Gasteiger partial charge in [0.15, 0.2) is 18.2 Å². The molecule has 7 heteroatoms. The Labute approximate surface area is 172 Å². The Kier molecular flexibility index (Phi) is 6.67. The Morgan fingerprint density at radius 1 is 1.04 bits per heavy atom. The molecule has 2 aromatic carbocycles. The van der Waals surface area contributed by atoms with E-state index in [0.29, 0.717) is 36.2 Å². The zero-order valence-electron chi connectivity index (χ0n) is 15.7. The molecule has 0 saturated carbocycles. The first-order valence-electron chi connectivity index (χ1n) is 9.21. The molecule has 0 aliphatic carbocycles. The van der Waals surface area contributed by atoms with Gasteiger partial charge in [-0.2, -0.15) is 0 Å². The van der Waals surface area contributed by atoms with Crippen LogP contribution >= 0.6 is 15.9 Å². The average molecular weight is 449 g/mol. The topological polar surface area (TPSA) is 49.9 Å². The van der Waals surface area contributed by atoms with E-state index in [1.54, 1.807) is 15.9 Å². The number of hydrogen-bond acceptors (Lipinski definition) is 3. The largest absolute Gasteiger partial charge is 0.481 e. The van der Waals surface area contributed by atoms with Crippen LogP contribution in [0.1, 0.15) is 22.8 Å². The molecule has 3 rings (SSSR count). The summed E-state index contributed by atoms with van der Waals surface area (Å²) in [6.07, 6.45) is 0.932. The molecule has 1 saturated heterocycles. The maximum absolute atomic E-state index is 13.8. The minimum absolute atomic E-state index is 0.0251.